The van der Waals surface area contributed by atoms with Crippen LogP contribution in [0.3, 0.4) is 0 Å². The first kappa shape index (κ1) is 14.3. The summed E-state index contributed by atoms with van der Waals surface area (Å²) in [6, 6.07) is 13.6. The van der Waals surface area contributed by atoms with Crippen molar-refractivity contribution in [2.24, 2.45) is 0 Å². The molecule has 24 heavy (non-hydrogen) atoms. The van der Waals surface area contributed by atoms with E-state index in [-0.39, 0.29) is 11.3 Å². The van der Waals surface area contributed by atoms with Crippen LogP contribution in [0.2, 0.25) is 0 Å². The quantitative estimate of drug-likeness (QED) is 0.538. The highest BCUT2D eigenvalue weighted by molar-refractivity contribution is 6.36. The molecule has 0 spiro atoms. The third-order valence-corrected chi connectivity index (χ3v) is 4.15. The molecule has 2 heterocycles. The summed E-state index contributed by atoms with van der Waals surface area (Å²) >= 11 is 0. The van der Waals surface area contributed by atoms with E-state index in [9.17, 15) is 14.4 Å². The van der Waals surface area contributed by atoms with Crippen LogP contribution < -0.4 is 4.90 Å². The third-order valence-electron chi connectivity index (χ3n) is 4.15. The Kier molecular flexibility index (Phi) is 3.03. The molecule has 0 N–H and O–H groups in total. The summed E-state index contributed by atoms with van der Waals surface area (Å²) < 4.78 is 0. The molecular weight excluding hydrogens is 304 g/mol. The molecule has 1 aliphatic rings. The van der Waals surface area contributed by atoms with Crippen LogP contribution in [-0.2, 0) is 0 Å². The highest BCUT2D eigenvalue weighted by Crippen LogP contribution is 2.32. The van der Waals surface area contributed by atoms with E-state index in [4.69, 9.17) is 0 Å². The number of rotatable bonds is 2. The van der Waals surface area contributed by atoms with Gasteiger partial charge in [-0.3, -0.25) is 19.4 Å². The Bertz CT molecular complexity index is 1030. The van der Waals surface area contributed by atoms with Crippen LogP contribution in [0.4, 0.5) is 5.69 Å². The molecule has 2 aromatic carbocycles. The first-order valence-electron chi connectivity index (χ1n) is 7.45. The summed E-state index contributed by atoms with van der Waals surface area (Å²) in [7, 11) is 0. The number of carbonyl (C=O) groups is 3. The Morgan fingerprint density at radius 3 is 2.50 bits per heavy atom. The average Bonchev–Trinajstić information content (AvgIpc) is 2.85. The molecule has 0 unspecified atom stereocenters. The van der Waals surface area contributed by atoms with E-state index in [1.165, 1.54) is 19.1 Å². The zero-order valence-electron chi connectivity index (χ0n) is 12.8. The molecule has 1 aliphatic heterocycles. The normalized spacial score (nSPS) is 13.5. The summed E-state index contributed by atoms with van der Waals surface area (Å²) in [6.45, 7) is 1.43. The molecule has 1 aromatic heterocycles. The van der Waals surface area contributed by atoms with E-state index >= 15 is 0 Å². The van der Waals surface area contributed by atoms with Gasteiger partial charge in [-0.25, -0.2) is 4.90 Å². The number of imide groups is 1. The van der Waals surface area contributed by atoms with Gasteiger partial charge < -0.3 is 0 Å². The first-order valence-corrected chi connectivity index (χ1v) is 7.45. The molecule has 0 fully saturated rings. The van der Waals surface area contributed by atoms with Crippen molar-refractivity contribution in [1.29, 1.82) is 0 Å². The number of aromatic nitrogens is 1. The number of amides is 2. The van der Waals surface area contributed by atoms with Crippen molar-refractivity contribution < 1.29 is 14.4 Å². The molecule has 4 rings (SSSR count). The van der Waals surface area contributed by atoms with E-state index in [2.05, 4.69) is 4.98 Å². The zero-order chi connectivity index (χ0) is 16.8. The molecule has 0 saturated heterocycles. The molecule has 0 atom stereocenters. The summed E-state index contributed by atoms with van der Waals surface area (Å²) in [5, 5.41) is 0.844. The molecular formula is C19H12N2O3. The van der Waals surface area contributed by atoms with Gasteiger partial charge in [0.25, 0.3) is 11.8 Å². The van der Waals surface area contributed by atoms with Crippen molar-refractivity contribution in [3.05, 3.63) is 71.4 Å². The number of anilines is 1. The summed E-state index contributed by atoms with van der Waals surface area (Å²) in [4.78, 5) is 42.5. The molecule has 3 aromatic rings. The van der Waals surface area contributed by atoms with Crippen LogP contribution in [0.15, 0.2) is 54.7 Å². The second kappa shape index (κ2) is 5.09. The molecule has 2 amide bonds. The van der Waals surface area contributed by atoms with Gasteiger partial charge in [0, 0.05) is 17.1 Å². The van der Waals surface area contributed by atoms with Gasteiger partial charge in [0.05, 0.1) is 22.3 Å². The highest BCUT2D eigenvalue weighted by Gasteiger charge is 2.37. The van der Waals surface area contributed by atoms with Crippen molar-refractivity contribution in [2.45, 2.75) is 6.92 Å². The number of carbonyl (C=O) groups excluding carboxylic acids is 3. The largest absolute Gasteiger partial charge is 0.295 e. The van der Waals surface area contributed by atoms with Gasteiger partial charge in [-0.1, -0.05) is 24.3 Å². The van der Waals surface area contributed by atoms with Crippen LogP contribution in [0.25, 0.3) is 10.9 Å². The number of Topliss-reactive ketones (excluding diaryl/α,β-unsaturated/α-hetero) is 1. The van der Waals surface area contributed by atoms with E-state index in [0.29, 0.717) is 22.3 Å². The lowest BCUT2D eigenvalue weighted by atomic mass is 10.0. The maximum absolute atomic E-state index is 12.8. The smallest absolute Gasteiger partial charge is 0.266 e. The first-order chi connectivity index (χ1) is 11.6. The van der Waals surface area contributed by atoms with Gasteiger partial charge in [0.2, 0.25) is 0 Å². The molecule has 116 valence electrons. The van der Waals surface area contributed by atoms with Crippen molar-refractivity contribution in [3.8, 4) is 0 Å². The van der Waals surface area contributed by atoms with Crippen molar-refractivity contribution in [2.75, 3.05) is 4.90 Å². The Hall–Kier alpha value is -3.34. The standard InChI is InChI=1S/C19H12N2O3/c1-11(22)13-7-8-14-15(10-13)19(24)21(18(14)23)16-6-2-4-12-5-3-9-20-17(12)16/h2-10H,1H3. The number of pyridine rings is 1. The zero-order valence-corrected chi connectivity index (χ0v) is 12.8. The Morgan fingerprint density at radius 1 is 0.958 bits per heavy atom. The molecule has 5 heteroatoms. The highest BCUT2D eigenvalue weighted by atomic mass is 16.2. The van der Waals surface area contributed by atoms with Gasteiger partial charge in [-0.15, -0.1) is 0 Å². The fourth-order valence-corrected chi connectivity index (χ4v) is 2.95. The lowest BCUT2D eigenvalue weighted by Gasteiger charge is -2.15. The number of para-hydroxylation sites is 1. The number of nitrogens with zero attached hydrogens (tertiary/aromatic N) is 2. The van der Waals surface area contributed by atoms with Crippen molar-refractivity contribution >= 4 is 34.2 Å². The molecule has 0 aliphatic carbocycles. The van der Waals surface area contributed by atoms with E-state index in [1.54, 1.807) is 30.5 Å². The van der Waals surface area contributed by atoms with Crippen LogP contribution in [0, 0.1) is 0 Å². The predicted octanol–water partition coefficient (Wildman–Crippen LogP) is 3.24. The predicted molar refractivity (Wildman–Crippen MR) is 89.3 cm³/mol. The SMILES string of the molecule is CC(=O)c1ccc2c(c1)C(=O)N(c1cccc3cccnc13)C2=O. The van der Waals surface area contributed by atoms with Gasteiger partial charge in [-0.05, 0) is 31.2 Å². The second-order valence-corrected chi connectivity index (χ2v) is 5.61. The number of ketones is 1. The fraction of sp³-hybridized carbons (Fsp3) is 0.0526. The Balaban J connectivity index is 1.90. The third kappa shape index (κ3) is 1.95. The van der Waals surface area contributed by atoms with Crippen molar-refractivity contribution in [3.63, 3.8) is 0 Å². The van der Waals surface area contributed by atoms with Gasteiger partial charge in [0.15, 0.2) is 5.78 Å². The molecule has 0 bridgehead atoms. The fourth-order valence-electron chi connectivity index (χ4n) is 2.95. The monoisotopic (exact) mass is 316 g/mol. The van der Waals surface area contributed by atoms with Crippen LogP contribution >= 0.6 is 0 Å². The molecule has 0 saturated carbocycles. The Morgan fingerprint density at radius 2 is 1.71 bits per heavy atom. The van der Waals surface area contributed by atoms with Gasteiger partial charge in [0.1, 0.15) is 0 Å². The van der Waals surface area contributed by atoms with E-state index in [0.717, 1.165) is 10.3 Å². The number of hydrogen-bond acceptors (Lipinski definition) is 4. The minimum Gasteiger partial charge on any atom is -0.295 e. The molecule has 0 radical (unpaired) electrons. The van der Waals surface area contributed by atoms with E-state index < -0.39 is 11.8 Å². The summed E-state index contributed by atoms with van der Waals surface area (Å²) in [6.07, 6.45) is 1.62. The van der Waals surface area contributed by atoms with Crippen LogP contribution in [-0.4, -0.2) is 22.6 Å². The maximum Gasteiger partial charge on any atom is 0.266 e. The van der Waals surface area contributed by atoms with Crippen LogP contribution in [0.5, 0.6) is 0 Å². The van der Waals surface area contributed by atoms with Crippen molar-refractivity contribution in [1.82, 2.24) is 4.98 Å². The maximum atomic E-state index is 12.8. The van der Waals surface area contributed by atoms with Crippen LogP contribution in [0.1, 0.15) is 38.0 Å². The Labute approximate surface area is 137 Å². The minimum absolute atomic E-state index is 0.150. The lowest BCUT2D eigenvalue weighted by Crippen LogP contribution is -2.29. The minimum atomic E-state index is -0.434. The topological polar surface area (TPSA) is 67.3 Å². The second-order valence-electron chi connectivity index (χ2n) is 5.61. The number of benzene rings is 2. The molecule has 5 nitrogen and oxygen atoms in total. The van der Waals surface area contributed by atoms with Gasteiger partial charge in [-0.2, -0.15) is 0 Å². The summed E-state index contributed by atoms with van der Waals surface area (Å²) in [5.74, 6) is -0.983. The van der Waals surface area contributed by atoms with E-state index in [1.807, 2.05) is 12.1 Å². The number of fused-ring (bicyclic) bond motifs is 2. The average molecular weight is 316 g/mol. The van der Waals surface area contributed by atoms with Gasteiger partial charge >= 0.3 is 0 Å². The summed E-state index contributed by atoms with van der Waals surface area (Å²) in [5.41, 5.74) is 2.00. The number of hydrogen-bond donors (Lipinski definition) is 0. The lowest BCUT2D eigenvalue weighted by molar-refractivity contribution is 0.0925.